The van der Waals surface area contributed by atoms with Crippen molar-refractivity contribution in [2.45, 2.75) is 83.8 Å². The fourth-order valence-electron chi connectivity index (χ4n) is 4.72. The molecule has 1 heterocycles. The molecule has 2 amide bonds. The van der Waals surface area contributed by atoms with Gasteiger partial charge in [-0.2, -0.15) is 0 Å². The number of amides is 2. The van der Waals surface area contributed by atoms with E-state index in [0.29, 0.717) is 25.7 Å². The van der Waals surface area contributed by atoms with E-state index >= 15 is 0 Å². The average Bonchev–Trinajstić information content (AvgIpc) is 2.73. The Morgan fingerprint density at radius 2 is 1.73 bits per heavy atom. The summed E-state index contributed by atoms with van der Waals surface area (Å²) in [7, 11) is 0. The molecule has 1 saturated heterocycles. The summed E-state index contributed by atoms with van der Waals surface area (Å²) >= 11 is 0. The lowest BCUT2D eigenvalue weighted by Gasteiger charge is -2.39. The van der Waals surface area contributed by atoms with Gasteiger partial charge in [0.05, 0.1) is 12.5 Å². The molecule has 0 bridgehead atoms. The van der Waals surface area contributed by atoms with Gasteiger partial charge < -0.3 is 10.2 Å². The van der Waals surface area contributed by atoms with Gasteiger partial charge in [-0.3, -0.25) is 14.5 Å². The van der Waals surface area contributed by atoms with Crippen molar-refractivity contribution >= 4 is 11.8 Å². The summed E-state index contributed by atoms with van der Waals surface area (Å²) in [6, 6.07) is 10.5. The van der Waals surface area contributed by atoms with E-state index in [9.17, 15) is 9.59 Å². The smallest absolute Gasteiger partial charge is 0.237 e. The largest absolute Gasteiger partial charge is 0.353 e. The third-order valence-electron chi connectivity index (χ3n) is 6.48. The van der Waals surface area contributed by atoms with Crippen molar-refractivity contribution in [1.82, 2.24) is 15.1 Å². The van der Waals surface area contributed by atoms with Crippen molar-refractivity contribution in [2.24, 2.45) is 5.92 Å². The van der Waals surface area contributed by atoms with Crippen molar-refractivity contribution < 1.29 is 9.59 Å². The summed E-state index contributed by atoms with van der Waals surface area (Å²) in [6.45, 7) is 8.84. The van der Waals surface area contributed by atoms with Crippen LogP contribution < -0.4 is 5.32 Å². The molecule has 2 fully saturated rings. The van der Waals surface area contributed by atoms with Crippen molar-refractivity contribution in [3.63, 3.8) is 0 Å². The molecule has 0 spiro atoms. The van der Waals surface area contributed by atoms with Gasteiger partial charge in [0, 0.05) is 24.7 Å². The molecule has 5 heteroatoms. The normalized spacial score (nSPS) is 21.2. The summed E-state index contributed by atoms with van der Waals surface area (Å²) in [5.41, 5.74) is 0.893. The number of carbonyl (C=O) groups is 2. The predicted molar refractivity (Wildman–Crippen MR) is 121 cm³/mol. The number of likely N-dealkylation sites (tertiary alicyclic amines) is 1. The van der Waals surface area contributed by atoms with Crippen molar-refractivity contribution in [3.8, 4) is 0 Å². The first-order valence-corrected chi connectivity index (χ1v) is 11.7. The maximum absolute atomic E-state index is 13.2. The number of benzene rings is 1. The molecule has 30 heavy (non-hydrogen) atoms. The van der Waals surface area contributed by atoms with Crippen LogP contribution in [0.25, 0.3) is 0 Å². The van der Waals surface area contributed by atoms with Gasteiger partial charge >= 0.3 is 0 Å². The molecule has 1 atom stereocenters. The Kier molecular flexibility index (Phi) is 7.93. The lowest BCUT2D eigenvalue weighted by atomic mass is 9.93. The Bertz CT molecular complexity index is 692. The molecule has 2 aliphatic rings. The van der Waals surface area contributed by atoms with Crippen LogP contribution in [0.3, 0.4) is 0 Å². The zero-order chi connectivity index (χ0) is 21.6. The highest BCUT2D eigenvalue weighted by atomic mass is 16.2. The highest BCUT2D eigenvalue weighted by Crippen LogP contribution is 2.22. The number of rotatable bonds is 6. The first-order valence-electron chi connectivity index (χ1n) is 11.7. The molecule has 166 valence electrons. The molecule has 1 aromatic rings. The van der Waals surface area contributed by atoms with E-state index in [0.717, 1.165) is 37.8 Å². The lowest BCUT2D eigenvalue weighted by molar-refractivity contribution is -0.139. The van der Waals surface area contributed by atoms with Crippen LogP contribution in [0, 0.1) is 5.92 Å². The maximum Gasteiger partial charge on any atom is 0.237 e. The number of hydrogen-bond donors (Lipinski definition) is 1. The summed E-state index contributed by atoms with van der Waals surface area (Å²) in [5.74, 6) is 0.335. The molecule has 1 aliphatic carbocycles. The van der Waals surface area contributed by atoms with Gasteiger partial charge in [0.25, 0.3) is 0 Å². The molecule has 1 N–H and O–H groups in total. The van der Waals surface area contributed by atoms with Crippen LogP contribution in [0.2, 0.25) is 0 Å². The van der Waals surface area contributed by atoms with E-state index in [2.05, 4.69) is 43.1 Å². The topological polar surface area (TPSA) is 52.7 Å². The van der Waals surface area contributed by atoms with Crippen molar-refractivity contribution in [1.29, 1.82) is 0 Å². The van der Waals surface area contributed by atoms with Crippen LogP contribution >= 0.6 is 0 Å². The molecule has 1 aliphatic heterocycles. The van der Waals surface area contributed by atoms with E-state index in [-0.39, 0.29) is 23.3 Å². The Morgan fingerprint density at radius 1 is 1.03 bits per heavy atom. The van der Waals surface area contributed by atoms with Crippen LogP contribution in [0.1, 0.15) is 71.3 Å². The predicted octanol–water partition coefficient (Wildman–Crippen LogP) is 3.97. The van der Waals surface area contributed by atoms with Crippen LogP contribution in [0.5, 0.6) is 0 Å². The quantitative estimate of drug-likeness (QED) is 0.768. The van der Waals surface area contributed by atoms with Gasteiger partial charge in [-0.15, -0.1) is 0 Å². The summed E-state index contributed by atoms with van der Waals surface area (Å²) in [6.07, 6.45) is 7.86. The molecule has 5 nitrogen and oxygen atoms in total. The third-order valence-corrected chi connectivity index (χ3v) is 6.48. The minimum atomic E-state index is -0.250. The Hall–Kier alpha value is -1.88. The first kappa shape index (κ1) is 22.8. The van der Waals surface area contributed by atoms with Gasteiger partial charge in [0.1, 0.15) is 0 Å². The minimum absolute atomic E-state index is 0.00527. The second-order valence-corrected chi connectivity index (χ2v) is 10.1. The van der Waals surface area contributed by atoms with E-state index in [1.165, 1.54) is 19.3 Å². The zero-order valence-electron chi connectivity index (χ0n) is 19.0. The highest BCUT2D eigenvalue weighted by molar-refractivity contribution is 5.80. The number of hydrogen-bond acceptors (Lipinski definition) is 3. The van der Waals surface area contributed by atoms with Gasteiger partial charge in [0.15, 0.2) is 0 Å². The van der Waals surface area contributed by atoms with Crippen LogP contribution in [0.15, 0.2) is 30.3 Å². The van der Waals surface area contributed by atoms with Crippen LogP contribution in [-0.2, 0) is 16.1 Å². The number of nitrogens with one attached hydrogen (secondary N) is 1. The summed E-state index contributed by atoms with van der Waals surface area (Å²) in [5, 5.41) is 3.28. The first-order chi connectivity index (χ1) is 14.3. The SMILES string of the molecule is CC(C)(C)N(Cc1ccccc1)C(=O)CN1CCCC(C(=O)NC2CCCCC2)C1. The standard InChI is InChI=1S/C25H39N3O2/c1-25(2,3)28(17-20-11-6-4-7-12-20)23(29)19-27-16-10-13-21(18-27)24(30)26-22-14-8-5-9-15-22/h4,6-7,11-12,21-22H,5,8-10,13-19H2,1-3H3,(H,26,30). The molecular formula is C25H39N3O2. The third kappa shape index (κ3) is 6.56. The number of piperidine rings is 1. The minimum Gasteiger partial charge on any atom is -0.353 e. The van der Waals surface area contributed by atoms with Crippen molar-refractivity contribution in [3.05, 3.63) is 35.9 Å². The maximum atomic E-state index is 13.2. The second kappa shape index (κ2) is 10.4. The lowest BCUT2D eigenvalue weighted by Crippen LogP contribution is -2.52. The fourth-order valence-corrected chi connectivity index (χ4v) is 4.72. The van der Waals surface area contributed by atoms with Gasteiger partial charge in [-0.1, -0.05) is 49.6 Å². The number of carbonyl (C=O) groups excluding carboxylic acids is 2. The van der Waals surface area contributed by atoms with Gasteiger partial charge in [-0.05, 0) is 58.6 Å². The summed E-state index contributed by atoms with van der Waals surface area (Å²) in [4.78, 5) is 30.2. The van der Waals surface area contributed by atoms with Crippen LogP contribution in [-0.4, -0.2) is 52.8 Å². The highest BCUT2D eigenvalue weighted by Gasteiger charge is 2.32. The molecule has 0 radical (unpaired) electrons. The van der Waals surface area contributed by atoms with E-state index in [1.54, 1.807) is 0 Å². The Labute approximate surface area is 182 Å². The summed E-state index contributed by atoms with van der Waals surface area (Å²) < 4.78 is 0. The van der Waals surface area contributed by atoms with Crippen LogP contribution in [0.4, 0.5) is 0 Å². The van der Waals surface area contributed by atoms with E-state index in [4.69, 9.17) is 0 Å². The molecule has 0 aromatic heterocycles. The second-order valence-electron chi connectivity index (χ2n) is 10.1. The van der Waals surface area contributed by atoms with E-state index in [1.807, 2.05) is 23.1 Å². The molecule has 1 aromatic carbocycles. The zero-order valence-corrected chi connectivity index (χ0v) is 19.0. The number of nitrogens with zero attached hydrogens (tertiary/aromatic N) is 2. The fraction of sp³-hybridized carbons (Fsp3) is 0.680. The van der Waals surface area contributed by atoms with Gasteiger partial charge in [-0.25, -0.2) is 0 Å². The average molecular weight is 414 g/mol. The Balaban J connectivity index is 1.56. The monoisotopic (exact) mass is 413 g/mol. The van der Waals surface area contributed by atoms with E-state index < -0.39 is 0 Å². The molecule has 1 unspecified atom stereocenters. The Morgan fingerprint density at radius 3 is 2.40 bits per heavy atom. The molecule has 1 saturated carbocycles. The molecular weight excluding hydrogens is 374 g/mol. The molecule has 3 rings (SSSR count). The van der Waals surface area contributed by atoms with Crippen molar-refractivity contribution in [2.75, 3.05) is 19.6 Å². The van der Waals surface area contributed by atoms with Gasteiger partial charge in [0.2, 0.25) is 11.8 Å².